The first-order valence-corrected chi connectivity index (χ1v) is 10.7. The van der Waals surface area contributed by atoms with Crippen LogP contribution in [0.25, 0.3) is 16.7 Å². The van der Waals surface area contributed by atoms with Crippen LogP contribution >= 0.6 is 0 Å². The number of aryl methyl sites for hydroxylation is 2. The quantitative estimate of drug-likeness (QED) is 0.410. The highest BCUT2D eigenvalue weighted by Crippen LogP contribution is 2.17. The summed E-state index contributed by atoms with van der Waals surface area (Å²) >= 11 is 0. The summed E-state index contributed by atoms with van der Waals surface area (Å²) in [6.45, 7) is 3.61. The lowest BCUT2D eigenvalue weighted by molar-refractivity contribution is -0.121. The fourth-order valence-electron chi connectivity index (χ4n) is 3.75. The van der Waals surface area contributed by atoms with E-state index in [9.17, 15) is 9.59 Å². The zero-order valence-corrected chi connectivity index (χ0v) is 18.4. The molecule has 1 amide bonds. The molecule has 0 aliphatic rings. The lowest BCUT2D eigenvalue weighted by atomic mass is 10.1. The smallest absolute Gasteiger partial charge is 0.263 e. The lowest BCUT2D eigenvalue weighted by Crippen LogP contribution is -2.26. The Labute approximate surface area is 185 Å². The van der Waals surface area contributed by atoms with Crippen molar-refractivity contribution in [2.75, 3.05) is 20.3 Å². The minimum atomic E-state index is -0.108. The van der Waals surface area contributed by atoms with Gasteiger partial charge < -0.3 is 10.1 Å². The highest BCUT2D eigenvalue weighted by Gasteiger charge is 2.17. The second-order valence-electron chi connectivity index (χ2n) is 7.84. The maximum Gasteiger partial charge on any atom is 0.263 e. The van der Waals surface area contributed by atoms with Crippen molar-refractivity contribution in [3.05, 3.63) is 75.8 Å². The Morgan fingerprint density at radius 2 is 1.88 bits per heavy atom. The van der Waals surface area contributed by atoms with Gasteiger partial charge in [-0.3, -0.25) is 18.6 Å². The standard InChI is InChI=1S/C24H27N5O3/c1-17-8-10-18(11-9-17)16-28-23(31)19-6-3-4-7-20(19)29-21(26-27-24(28)29)12-13-22(30)25-14-5-15-32-2/h3-4,6-11H,5,12-16H2,1-2H3,(H,25,30). The minimum absolute atomic E-state index is 0.0462. The Kier molecular flexibility index (Phi) is 6.61. The lowest BCUT2D eigenvalue weighted by Gasteiger charge is -2.12. The van der Waals surface area contributed by atoms with Crippen LogP contribution in [0.2, 0.25) is 0 Å². The number of nitrogens with zero attached hydrogens (tertiary/aromatic N) is 4. The molecule has 4 rings (SSSR count). The molecule has 2 heterocycles. The highest BCUT2D eigenvalue weighted by atomic mass is 16.5. The van der Waals surface area contributed by atoms with Crippen LogP contribution < -0.4 is 10.9 Å². The van der Waals surface area contributed by atoms with Gasteiger partial charge >= 0.3 is 0 Å². The Bertz CT molecular complexity index is 1290. The van der Waals surface area contributed by atoms with E-state index in [1.165, 1.54) is 0 Å². The molecule has 4 aromatic rings. The summed E-state index contributed by atoms with van der Waals surface area (Å²) in [5.41, 5.74) is 2.81. The monoisotopic (exact) mass is 433 g/mol. The normalized spacial score (nSPS) is 11.3. The SMILES string of the molecule is COCCCNC(=O)CCc1nnc2n(Cc3ccc(C)cc3)c(=O)c3ccccc3n12. The number of hydrogen-bond acceptors (Lipinski definition) is 5. The van der Waals surface area contributed by atoms with Gasteiger partial charge in [0.05, 0.1) is 17.4 Å². The molecule has 0 aliphatic carbocycles. The Morgan fingerprint density at radius 1 is 1.09 bits per heavy atom. The van der Waals surface area contributed by atoms with E-state index >= 15 is 0 Å². The zero-order chi connectivity index (χ0) is 22.5. The van der Waals surface area contributed by atoms with Gasteiger partial charge in [-0.05, 0) is 31.0 Å². The molecule has 166 valence electrons. The topological polar surface area (TPSA) is 90.5 Å². The number of amides is 1. The van der Waals surface area contributed by atoms with Crippen LogP contribution in [0, 0.1) is 6.92 Å². The fourth-order valence-corrected chi connectivity index (χ4v) is 3.75. The van der Waals surface area contributed by atoms with E-state index in [0.717, 1.165) is 23.1 Å². The van der Waals surface area contributed by atoms with Crippen molar-refractivity contribution >= 4 is 22.6 Å². The van der Waals surface area contributed by atoms with Crippen molar-refractivity contribution in [2.24, 2.45) is 0 Å². The number of aromatic nitrogens is 4. The second-order valence-corrected chi connectivity index (χ2v) is 7.84. The van der Waals surface area contributed by atoms with Crippen LogP contribution in [0.5, 0.6) is 0 Å². The van der Waals surface area contributed by atoms with Gasteiger partial charge in [-0.25, -0.2) is 0 Å². The molecule has 2 aromatic heterocycles. The van der Waals surface area contributed by atoms with Crippen LogP contribution in [-0.4, -0.2) is 45.3 Å². The molecule has 0 bridgehead atoms. The summed E-state index contributed by atoms with van der Waals surface area (Å²) in [5.74, 6) is 1.08. The number of para-hydroxylation sites is 1. The average Bonchev–Trinajstić information content (AvgIpc) is 3.23. The number of hydrogen-bond donors (Lipinski definition) is 1. The molecule has 0 fully saturated rings. The van der Waals surface area contributed by atoms with E-state index in [-0.39, 0.29) is 11.5 Å². The number of fused-ring (bicyclic) bond motifs is 3. The molecule has 2 aromatic carbocycles. The third-order valence-electron chi connectivity index (χ3n) is 5.46. The van der Waals surface area contributed by atoms with Crippen molar-refractivity contribution in [2.45, 2.75) is 32.7 Å². The third-order valence-corrected chi connectivity index (χ3v) is 5.46. The largest absolute Gasteiger partial charge is 0.385 e. The summed E-state index contributed by atoms with van der Waals surface area (Å²) in [4.78, 5) is 25.5. The molecule has 0 radical (unpaired) electrons. The molecule has 8 nitrogen and oxygen atoms in total. The molecule has 8 heteroatoms. The molecule has 0 spiro atoms. The van der Waals surface area contributed by atoms with Crippen LogP contribution in [0.15, 0.2) is 53.3 Å². The average molecular weight is 434 g/mol. The number of carbonyl (C=O) groups is 1. The van der Waals surface area contributed by atoms with Crippen LogP contribution in [0.3, 0.4) is 0 Å². The molecular weight excluding hydrogens is 406 g/mol. The van der Waals surface area contributed by atoms with Crippen molar-refractivity contribution < 1.29 is 9.53 Å². The third kappa shape index (κ3) is 4.55. The minimum Gasteiger partial charge on any atom is -0.385 e. The Morgan fingerprint density at radius 3 is 2.66 bits per heavy atom. The number of rotatable bonds is 9. The molecule has 1 N–H and O–H groups in total. The first-order valence-electron chi connectivity index (χ1n) is 10.7. The van der Waals surface area contributed by atoms with Gasteiger partial charge in [-0.2, -0.15) is 0 Å². The summed E-state index contributed by atoms with van der Waals surface area (Å²) < 4.78 is 8.54. The first kappa shape index (κ1) is 21.7. The van der Waals surface area contributed by atoms with Crippen molar-refractivity contribution in [1.29, 1.82) is 0 Å². The van der Waals surface area contributed by atoms with E-state index in [0.29, 0.717) is 49.5 Å². The first-order chi connectivity index (χ1) is 15.6. The van der Waals surface area contributed by atoms with E-state index in [4.69, 9.17) is 4.74 Å². The zero-order valence-electron chi connectivity index (χ0n) is 18.4. The predicted octanol–water partition coefficient (Wildman–Crippen LogP) is 2.49. The summed E-state index contributed by atoms with van der Waals surface area (Å²) in [6, 6.07) is 15.5. The number of benzene rings is 2. The van der Waals surface area contributed by atoms with Crippen molar-refractivity contribution in [3.8, 4) is 0 Å². The number of carbonyl (C=O) groups excluding carboxylic acids is 1. The van der Waals surface area contributed by atoms with Gasteiger partial charge in [0.15, 0.2) is 0 Å². The van der Waals surface area contributed by atoms with E-state index in [1.54, 1.807) is 11.7 Å². The molecule has 0 atom stereocenters. The van der Waals surface area contributed by atoms with Crippen molar-refractivity contribution in [1.82, 2.24) is 24.5 Å². The van der Waals surface area contributed by atoms with Crippen LogP contribution in [-0.2, 0) is 22.5 Å². The fraction of sp³-hybridized carbons (Fsp3) is 0.333. The van der Waals surface area contributed by atoms with E-state index < -0.39 is 0 Å². The van der Waals surface area contributed by atoms with E-state index in [2.05, 4.69) is 15.5 Å². The van der Waals surface area contributed by atoms with Crippen molar-refractivity contribution in [3.63, 3.8) is 0 Å². The van der Waals surface area contributed by atoms with Gasteiger partial charge in [0, 0.05) is 33.1 Å². The molecule has 0 unspecified atom stereocenters. The maximum atomic E-state index is 13.3. The number of methoxy groups -OCH3 is 1. The van der Waals surface area contributed by atoms with E-state index in [1.807, 2.05) is 59.9 Å². The van der Waals surface area contributed by atoms with Gasteiger partial charge in [-0.1, -0.05) is 42.0 Å². The summed E-state index contributed by atoms with van der Waals surface area (Å²) in [5, 5.41) is 12.2. The molecular formula is C24H27N5O3. The highest BCUT2D eigenvalue weighted by molar-refractivity contribution is 5.80. The van der Waals surface area contributed by atoms with Gasteiger partial charge in [-0.15, -0.1) is 10.2 Å². The Balaban J connectivity index is 1.67. The number of nitrogens with one attached hydrogen (secondary N) is 1. The summed E-state index contributed by atoms with van der Waals surface area (Å²) in [6.07, 6.45) is 1.48. The van der Waals surface area contributed by atoms with Crippen LogP contribution in [0.1, 0.15) is 29.8 Å². The molecule has 0 aliphatic heterocycles. The van der Waals surface area contributed by atoms with Gasteiger partial charge in [0.25, 0.3) is 5.56 Å². The maximum absolute atomic E-state index is 13.3. The second kappa shape index (κ2) is 9.74. The molecule has 0 saturated heterocycles. The predicted molar refractivity (Wildman–Crippen MR) is 123 cm³/mol. The number of ether oxygens (including phenoxy) is 1. The van der Waals surface area contributed by atoms with Gasteiger partial charge in [0.2, 0.25) is 11.7 Å². The van der Waals surface area contributed by atoms with Crippen LogP contribution in [0.4, 0.5) is 0 Å². The summed E-state index contributed by atoms with van der Waals surface area (Å²) in [7, 11) is 1.64. The van der Waals surface area contributed by atoms with Gasteiger partial charge in [0.1, 0.15) is 5.82 Å². The Hall–Kier alpha value is -3.52. The molecule has 32 heavy (non-hydrogen) atoms. The molecule has 0 saturated carbocycles.